The molecular formula is C13H9F2NO2S. The maximum atomic E-state index is 13.2. The lowest BCUT2D eigenvalue weighted by atomic mass is 10.1. The molecule has 3 rings (SSSR count). The SMILES string of the molecule is O=C(O)C1CCc2sc(-c3ccc(F)c(F)c3)nc21. The number of benzene rings is 1. The molecule has 3 nitrogen and oxygen atoms in total. The number of aliphatic carboxylic acids is 1. The Kier molecular flexibility index (Phi) is 2.82. The summed E-state index contributed by atoms with van der Waals surface area (Å²) in [6, 6.07) is 3.58. The lowest BCUT2D eigenvalue weighted by Crippen LogP contribution is -2.08. The zero-order valence-electron chi connectivity index (χ0n) is 9.69. The molecule has 6 heteroatoms. The van der Waals surface area contributed by atoms with Crippen molar-refractivity contribution in [2.24, 2.45) is 0 Å². The van der Waals surface area contributed by atoms with Crippen LogP contribution in [0.2, 0.25) is 0 Å². The van der Waals surface area contributed by atoms with Gasteiger partial charge in [0, 0.05) is 10.4 Å². The number of thiazole rings is 1. The molecule has 98 valence electrons. The average molecular weight is 281 g/mol. The second-order valence-corrected chi connectivity index (χ2v) is 5.47. The van der Waals surface area contributed by atoms with Crippen molar-refractivity contribution >= 4 is 17.3 Å². The van der Waals surface area contributed by atoms with Crippen LogP contribution in [0.3, 0.4) is 0 Å². The highest BCUT2D eigenvalue weighted by molar-refractivity contribution is 7.15. The van der Waals surface area contributed by atoms with E-state index in [9.17, 15) is 13.6 Å². The van der Waals surface area contributed by atoms with E-state index in [1.807, 2.05) is 0 Å². The molecule has 1 aromatic heterocycles. The summed E-state index contributed by atoms with van der Waals surface area (Å²) in [5.74, 6) is -3.30. The Morgan fingerprint density at radius 1 is 1.37 bits per heavy atom. The maximum absolute atomic E-state index is 13.2. The van der Waals surface area contributed by atoms with Gasteiger partial charge in [-0.1, -0.05) is 0 Å². The third kappa shape index (κ3) is 2.02. The zero-order chi connectivity index (χ0) is 13.6. The number of aryl methyl sites for hydroxylation is 1. The van der Waals surface area contributed by atoms with E-state index >= 15 is 0 Å². The van der Waals surface area contributed by atoms with E-state index in [2.05, 4.69) is 4.98 Å². The van der Waals surface area contributed by atoms with Crippen LogP contribution in [-0.4, -0.2) is 16.1 Å². The van der Waals surface area contributed by atoms with E-state index in [0.29, 0.717) is 29.1 Å². The summed E-state index contributed by atoms with van der Waals surface area (Å²) >= 11 is 1.35. The molecule has 0 aliphatic heterocycles. The fraction of sp³-hybridized carbons (Fsp3) is 0.231. The lowest BCUT2D eigenvalue weighted by Gasteiger charge is -2.02. The molecule has 1 aliphatic carbocycles. The van der Waals surface area contributed by atoms with Gasteiger partial charge in [0.2, 0.25) is 0 Å². The number of carboxylic acid groups (broad SMARTS) is 1. The van der Waals surface area contributed by atoms with Gasteiger partial charge in [-0.25, -0.2) is 13.8 Å². The zero-order valence-corrected chi connectivity index (χ0v) is 10.5. The molecule has 0 radical (unpaired) electrons. The van der Waals surface area contributed by atoms with Gasteiger partial charge in [0.25, 0.3) is 0 Å². The summed E-state index contributed by atoms with van der Waals surface area (Å²) in [5, 5.41) is 9.61. The van der Waals surface area contributed by atoms with Gasteiger partial charge in [-0.3, -0.25) is 4.79 Å². The molecule has 1 N–H and O–H groups in total. The maximum Gasteiger partial charge on any atom is 0.312 e. The van der Waals surface area contributed by atoms with Gasteiger partial charge in [-0.2, -0.15) is 0 Å². The predicted molar refractivity (Wildman–Crippen MR) is 66.2 cm³/mol. The Hall–Kier alpha value is -1.82. The first-order chi connectivity index (χ1) is 9.06. The number of carbonyl (C=O) groups is 1. The predicted octanol–water partition coefficient (Wildman–Crippen LogP) is 3.20. The Morgan fingerprint density at radius 2 is 2.16 bits per heavy atom. The lowest BCUT2D eigenvalue weighted by molar-refractivity contribution is -0.138. The van der Waals surface area contributed by atoms with E-state index < -0.39 is 23.5 Å². The molecule has 1 aliphatic rings. The second-order valence-electron chi connectivity index (χ2n) is 4.39. The monoisotopic (exact) mass is 281 g/mol. The van der Waals surface area contributed by atoms with Crippen LogP contribution in [0.15, 0.2) is 18.2 Å². The van der Waals surface area contributed by atoms with E-state index in [1.165, 1.54) is 17.4 Å². The molecule has 0 fully saturated rings. The molecule has 1 heterocycles. The van der Waals surface area contributed by atoms with Crippen molar-refractivity contribution in [3.05, 3.63) is 40.4 Å². The third-order valence-electron chi connectivity index (χ3n) is 3.18. The Labute approximate surface area is 111 Å². The van der Waals surface area contributed by atoms with Crippen LogP contribution >= 0.6 is 11.3 Å². The highest BCUT2D eigenvalue weighted by atomic mass is 32.1. The van der Waals surface area contributed by atoms with Crippen LogP contribution in [0.1, 0.15) is 22.9 Å². The van der Waals surface area contributed by atoms with Crippen molar-refractivity contribution in [2.75, 3.05) is 0 Å². The number of fused-ring (bicyclic) bond motifs is 1. The van der Waals surface area contributed by atoms with Gasteiger partial charge in [0.1, 0.15) is 10.9 Å². The number of hydrogen-bond acceptors (Lipinski definition) is 3. The molecule has 2 aromatic rings. The first-order valence-corrected chi connectivity index (χ1v) is 6.55. The number of hydrogen-bond donors (Lipinski definition) is 1. The molecule has 0 saturated heterocycles. The molecule has 19 heavy (non-hydrogen) atoms. The van der Waals surface area contributed by atoms with E-state index in [4.69, 9.17) is 5.11 Å². The van der Waals surface area contributed by atoms with Crippen LogP contribution < -0.4 is 0 Å². The summed E-state index contributed by atoms with van der Waals surface area (Å²) in [7, 11) is 0. The Bertz CT molecular complexity index is 669. The van der Waals surface area contributed by atoms with Crippen molar-refractivity contribution in [3.8, 4) is 10.6 Å². The van der Waals surface area contributed by atoms with Gasteiger partial charge < -0.3 is 5.11 Å². The quantitative estimate of drug-likeness (QED) is 0.919. The largest absolute Gasteiger partial charge is 0.481 e. The molecule has 1 aromatic carbocycles. The van der Waals surface area contributed by atoms with Crippen molar-refractivity contribution in [3.63, 3.8) is 0 Å². The Morgan fingerprint density at radius 3 is 2.84 bits per heavy atom. The van der Waals surface area contributed by atoms with Crippen LogP contribution in [0.25, 0.3) is 10.6 Å². The van der Waals surface area contributed by atoms with Gasteiger partial charge in [0.15, 0.2) is 11.6 Å². The summed E-state index contributed by atoms with van der Waals surface area (Å²) in [6.45, 7) is 0. The van der Waals surface area contributed by atoms with Gasteiger partial charge >= 0.3 is 5.97 Å². The Balaban J connectivity index is 2.02. The number of nitrogens with zero attached hydrogens (tertiary/aromatic N) is 1. The van der Waals surface area contributed by atoms with Gasteiger partial charge in [-0.15, -0.1) is 11.3 Å². The van der Waals surface area contributed by atoms with Crippen molar-refractivity contribution in [2.45, 2.75) is 18.8 Å². The van der Waals surface area contributed by atoms with Gasteiger partial charge in [0.05, 0.1) is 5.69 Å². The van der Waals surface area contributed by atoms with Crippen LogP contribution in [0.4, 0.5) is 8.78 Å². The third-order valence-corrected chi connectivity index (χ3v) is 4.36. The van der Waals surface area contributed by atoms with Crippen LogP contribution in [0.5, 0.6) is 0 Å². The van der Waals surface area contributed by atoms with Crippen molar-refractivity contribution in [1.29, 1.82) is 0 Å². The minimum absolute atomic E-state index is 0.474. The average Bonchev–Trinajstić information content (AvgIpc) is 2.91. The second kappa shape index (κ2) is 4.38. The standard InChI is InChI=1S/C13H9F2NO2S/c14-8-3-1-6(5-9(8)15)12-16-11-7(13(17)18)2-4-10(11)19-12/h1,3,5,7H,2,4H2,(H,17,18). The molecule has 0 bridgehead atoms. The van der Waals surface area contributed by atoms with Crippen molar-refractivity contribution < 1.29 is 18.7 Å². The molecule has 0 saturated carbocycles. The molecular weight excluding hydrogens is 272 g/mol. The minimum Gasteiger partial charge on any atom is -0.481 e. The summed E-state index contributed by atoms with van der Waals surface area (Å²) in [5.41, 5.74) is 1.04. The van der Waals surface area contributed by atoms with E-state index in [1.54, 1.807) is 0 Å². The summed E-state index contributed by atoms with van der Waals surface area (Å²) in [4.78, 5) is 16.3. The molecule has 0 spiro atoms. The fourth-order valence-electron chi connectivity index (χ4n) is 2.22. The number of halogens is 2. The van der Waals surface area contributed by atoms with Crippen molar-refractivity contribution in [1.82, 2.24) is 4.98 Å². The fourth-order valence-corrected chi connectivity index (χ4v) is 3.35. The highest BCUT2D eigenvalue weighted by Crippen LogP contribution is 2.39. The molecule has 0 amide bonds. The smallest absolute Gasteiger partial charge is 0.312 e. The normalized spacial score (nSPS) is 17.5. The highest BCUT2D eigenvalue weighted by Gasteiger charge is 2.32. The molecule has 1 unspecified atom stereocenters. The molecule has 1 atom stereocenters. The summed E-state index contributed by atoms with van der Waals surface area (Å²) in [6.07, 6.45) is 1.23. The number of rotatable bonds is 2. The minimum atomic E-state index is -0.928. The summed E-state index contributed by atoms with van der Waals surface area (Å²) < 4.78 is 26.1. The van der Waals surface area contributed by atoms with E-state index in [-0.39, 0.29) is 0 Å². The first kappa shape index (κ1) is 12.2. The van der Waals surface area contributed by atoms with Crippen LogP contribution in [0, 0.1) is 11.6 Å². The van der Waals surface area contributed by atoms with Gasteiger partial charge in [-0.05, 0) is 31.0 Å². The number of aromatic nitrogens is 1. The topological polar surface area (TPSA) is 50.2 Å². The van der Waals surface area contributed by atoms with Crippen LogP contribution in [-0.2, 0) is 11.2 Å². The van der Waals surface area contributed by atoms with E-state index in [0.717, 1.165) is 17.0 Å². The number of carboxylic acids is 1. The first-order valence-electron chi connectivity index (χ1n) is 5.74.